The van der Waals surface area contributed by atoms with Gasteiger partial charge in [0.05, 0.1) is 12.7 Å². The van der Waals surface area contributed by atoms with Crippen molar-refractivity contribution in [3.63, 3.8) is 0 Å². The van der Waals surface area contributed by atoms with Crippen molar-refractivity contribution in [2.45, 2.75) is 13.5 Å². The largest absolute Gasteiger partial charge is 0.493 e. The number of carbonyl (C=O) groups is 2. The third-order valence-corrected chi connectivity index (χ3v) is 2.85. The van der Waals surface area contributed by atoms with Gasteiger partial charge in [0.1, 0.15) is 6.61 Å². The Bertz CT molecular complexity index is 715. The molecule has 7 nitrogen and oxygen atoms in total. The number of aromatic carboxylic acids is 1. The Morgan fingerprint density at radius 2 is 1.91 bits per heavy atom. The molecule has 1 aromatic carbocycles. The van der Waals surface area contributed by atoms with Gasteiger partial charge in [0.15, 0.2) is 28.8 Å². The molecule has 0 amide bonds. The highest BCUT2D eigenvalue weighted by molar-refractivity contribution is 6.03. The maximum atomic E-state index is 11.4. The van der Waals surface area contributed by atoms with Crippen molar-refractivity contribution in [2.24, 2.45) is 0 Å². The van der Waals surface area contributed by atoms with Crippen LogP contribution in [0.3, 0.4) is 0 Å². The number of ketones is 1. The van der Waals surface area contributed by atoms with Crippen molar-refractivity contribution < 1.29 is 24.2 Å². The molecule has 0 fully saturated rings. The topological polar surface area (TPSA) is 98.6 Å². The van der Waals surface area contributed by atoms with E-state index in [0.29, 0.717) is 11.5 Å². The minimum Gasteiger partial charge on any atom is -0.493 e. The summed E-state index contributed by atoms with van der Waals surface area (Å²) in [5, 5.41) is 9.10. The molecule has 0 unspecified atom stereocenters. The molecule has 0 spiro atoms. The van der Waals surface area contributed by atoms with Crippen LogP contribution in [0.2, 0.25) is 0 Å². The highest BCUT2D eigenvalue weighted by atomic mass is 16.5. The van der Waals surface area contributed by atoms with Crippen LogP contribution in [-0.2, 0) is 6.61 Å². The molecule has 2 rings (SSSR count). The average molecular weight is 302 g/mol. The molecule has 0 bridgehead atoms. The highest BCUT2D eigenvalue weighted by Gasteiger charge is 2.17. The van der Waals surface area contributed by atoms with Gasteiger partial charge in [-0.1, -0.05) is 12.1 Å². The van der Waals surface area contributed by atoms with Crippen molar-refractivity contribution in [1.29, 1.82) is 0 Å². The lowest BCUT2D eigenvalue weighted by Crippen LogP contribution is -2.13. The summed E-state index contributed by atoms with van der Waals surface area (Å²) >= 11 is 0. The summed E-state index contributed by atoms with van der Waals surface area (Å²) in [7, 11) is 1.52. The van der Waals surface area contributed by atoms with Gasteiger partial charge in [0.25, 0.3) is 0 Å². The highest BCUT2D eigenvalue weighted by Crippen LogP contribution is 2.26. The number of hydrogen-bond donors (Lipinski definition) is 1. The fraction of sp³-hybridized carbons (Fsp3) is 0.200. The first-order chi connectivity index (χ1) is 10.5. The van der Waals surface area contributed by atoms with Gasteiger partial charge in [-0.25, -0.2) is 14.8 Å². The van der Waals surface area contributed by atoms with Crippen molar-refractivity contribution in [3.8, 4) is 11.5 Å². The number of Topliss-reactive ketones (excluding diaryl/α,β-unsaturated/α-hetero) is 1. The van der Waals surface area contributed by atoms with Gasteiger partial charge in [-0.3, -0.25) is 4.79 Å². The van der Waals surface area contributed by atoms with E-state index in [-0.39, 0.29) is 23.7 Å². The quantitative estimate of drug-likeness (QED) is 0.814. The van der Waals surface area contributed by atoms with E-state index in [1.807, 2.05) is 0 Å². The second kappa shape index (κ2) is 6.66. The fourth-order valence-corrected chi connectivity index (χ4v) is 1.79. The zero-order chi connectivity index (χ0) is 16.1. The van der Waals surface area contributed by atoms with E-state index >= 15 is 0 Å². The lowest BCUT2D eigenvalue weighted by molar-refractivity contribution is 0.0684. The minimum atomic E-state index is -1.29. The molecule has 0 saturated heterocycles. The predicted octanol–water partition coefficient (Wildman–Crippen LogP) is 1.97. The molecular weight excluding hydrogens is 288 g/mol. The van der Waals surface area contributed by atoms with Gasteiger partial charge in [-0.05, 0) is 19.1 Å². The second-order valence-corrected chi connectivity index (χ2v) is 4.35. The number of carboxylic acids is 1. The van der Waals surface area contributed by atoms with Crippen LogP contribution in [-0.4, -0.2) is 33.9 Å². The molecule has 0 atom stereocenters. The zero-order valence-electron chi connectivity index (χ0n) is 12.1. The van der Waals surface area contributed by atoms with Gasteiger partial charge in [-0.15, -0.1) is 0 Å². The molecule has 22 heavy (non-hydrogen) atoms. The number of aromatic nitrogens is 2. The SMILES string of the molecule is COc1ccccc1OCc1ncc(C(C)=O)c(C(=O)O)n1. The first kappa shape index (κ1) is 15.4. The number of hydrogen-bond acceptors (Lipinski definition) is 6. The Hall–Kier alpha value is -2.96. The first-order valence-electron chi connectivity index (χ1n) is 6.39. The summed E-state index contributed by atoms with van der Waals surface area (Å²) < 4.78 is 10.7. The van der Waals surface area contributed by atoms with Crippen LogP contribution in [0.1, 0.15) is 33.6 Å². The van der Waals surface area contributed by atoms with Gasteiger partial charge in [-0.2, -0.15) is 0 Å². The summed E-state index contributed by atoms with van der Waals surface area (Å²) in [6.07, 6.45) is 1.19. The van der Waals surface area contributed by atoms with Crippen molar-refractivity contribution in [2.75, 3.05) is 7.11 Å². The molecule has 0 aliphatic carbocycles. The van der Waals surface area contributed by atoms with E-state index in [1.54, 1.807) is 24.3 Å². The van der Waals surface area contributed by atoms with Gasteiger partial charge in [0.2, 0.25) is 0 Å². The average Bonchev–Trinajstić information content (AvgIpc) is 2.52. The number of para-hydroxylation sites is 2. The Kier molecular flexibility index (Phi) is 4.67. The number of rotatable bonds is 6. The molecule has 7 heteroatoms. The number of methoxy groups -OCH3 is 1. The third-order valence-electron chi connectivity index (χ3n) is 2.85. The lowest BCUT2D eigenvalue weighted by Gasteiger charge is -2.10. The smallest absolute Gasteiger partial charge is 0.355 e. The lowest BCUT2D eigenvalue weighted by atomic mass is 10.1. The summed E-state index contributed by atoms with van der Waals surface area (Å²) in [6.45, 7) is 1.22. The predicted molar refractivity (Wildman–Crippen MR) is 76.3 cm³/mol. The fourth-order valence-electron chi connectivity index (χ4n) is 1.79. The van der Waals surface area contributed by atoms with Gasteiger partial charge < -0.3 is 14.6 Å². The van der Waals surface area contributed by atoms with E-state index in [2.05, 4.69) is 9.97 Å². The molecule has 1 N–H and O–H groups in total. The van der Waals surface area contributed by atoms with E-state index in [0.717, 1.165) is 0 Å². The molecule has 0 saturated carbocycles. The number of ether oxygens (including phenoxy) is 2. The molecule has 2 aromatic rings. The van der Waals surface area contributed by atoms with Crippen molar-refractivity contribution >= 4 is 11.8 Å². The Balaban J connectivity index is 2.22. The van der Waals surface area contributed by atoms with Crippen LogP contribution in [0.5, 0.6) is 11.5 Å². The number of carbonyl (C=O) groups excluding carboxylic acids is 1. The second-order valence-electron chi connectivity index (χ2n) is 4.35. The van der Waals surface area contributed by atoms with Crippen molar-refractivity contribution in [3.05, 3.63) is 47.5 Å². The third kappa shape index (κ3) is 3.38. The number of carboxylic acid groups (broad SMARTS) is 1. The Morgan fingerprint density at radius 1 is 1.23 bits per heavy atom. The number of benzene rings is 1. The standard InChI is InChI=1S/C15H14N2O5/c1-9(18)10-7-16-13(17-14(10)15(19)20)8-22-12-6-4-3-5-11(12)21-2/h3-7H,8H2,1-2H3,(H,19,20). The molecule has 114 valence electrons. The first-order valence-corrected chi connectivity index (χ1v) is 6.39. The monoisotopic (exact) mass is 302 g/mol. The molecule has 1 aromatic heterocycles. The van der Waals surface area contributed by atoms with E-state index in [1.165, 1.54) is 20.2 Å². The summed E-state index contributed by atoms with van der Waals surface area (Å²) in [6, 6.07) is 7.02. The zero-order valence-corrected chi connectivity index (χ0v) is 12.1. The van der Waals surface area contributed by atoms with Crippen LogP contribution in [0.4, 0.5) is 0 Å². The van der Waals surface area contributed by atoms with Gasteiger partial charge >= 0.3 is 5.97 Å². The summed E-state index contributed by atoms with van der Waals surface area (Å²) in [5.74, 6) is -0.503. The minimum absolute atomic E-state index is 0.0338. The van der Waals surface area contributed by atoms with E-state index in [9.17, 15) is 9.59 Å². The molecular formula is C15H14N2O5. The van der Waals surface area contributed by atoms with E-state index in [4.69, 9.17) is 14.6 Å². The Labute approximate surface area is 126 Å². The van der Waals surface area contributed by atoms with Crippen LogP contribution in [0.25, 0.3) is 0 Å². The molecule has 1 heterocycles. The maximum Gasteiger partial charge on any atom is 0.355 e. The molecule has 0 aliphatic rings. The van der Waals surface area contributed by atoms with Gasteiger partial charge in [0, 0.05) is 6.20 Å². The maximum absolute atomic E-state index is 11.4. The van der Waals surface area contributed by atoms with E-state index < -0.39 is 11.8 Å². The summed E-state index contributed by atoms with van der Waals surface area (Å²) in [4.78, 5) is 30.3. The van der Waals surface area contributed by atoms with Crippen LogP contribution < -0.4 is 9.47 Å². The van der Waals surface area contributed by atoms with Crippen LogP contribution >= 0.6 is 0 Å². The van der Waals surface area contributed by atoms with Crippen LogP contribution in [0, 0.1) is 0 Å². The normalized spacial score (nSPS) is 10.1. The molecule has 0 radical (unpaired) electrons. The number of nitrogens with zero attached hydrogens (tertiary/aromatic N) is 2. The van der Waals surface area contributed by atoms with Crippen molar-refractivity contribution in [1.82, 2.24) is 9.97 Å². The Morgan fingerprint density at radius 3 is 2.50 bits per heavy atom. The molecule has 0 aliphatic heterocycles. The summed E-state index contributed by atoms with van der Waals surface area (Å²) in [5.41, 5.74) is -0.366. The van der Waals surface area contributed by atoms with Crippen LogP contribution in [0.15, 0.2) is 30.5 Å².